The number of fused-ring (bicyclic) bond motifs is 2. The molecule has 0 unspecified atom stereocenters. The van der Waals surface area contributed by atoms with Crippen LogP contribution in [0.1, 0.15) is 35.6 Å². The molecule has 2 aliphatic carbocycles. The maximum absolute atomic E-state index is 12.6. The van der Waals surface area contributed by atoms with E-state index in [2.05, 4.69) is 29.6 Å². The van der Waals surface area contributed by atoms with Gasteiger partial charge in [-0.25, -0.2) is 0 Å². The smallest absolute Gasteiger partial charge is 0.253 e. The van der Waals surface area contributed by atoms with Crippen molar-refractivity contribution in [1.82, 2.24) is 5.32 Å². The van der Waals surface area contributed by atoms with E-state index in [-0.39, 0.29) is 17.4 Å². The first-order valence-electron chi connectivity index (χ1n) is 8.21. The number of methoxy groups -OCH3 is 1. The van der Waals surface area contributed by atoms with Gasteiger partial charge in [-0.1, -0.05) is 54.6 Å². The van der Waals surface area contributed by atoms with E-state index in [1.165, 1.54) is 11.1 Å². The number of rotatable bonds is 4. The van der Waals surface area contributed by atoms with Gasteiger partial charge in [0.2, 0.25) is 0 Å². The third-order valence-electron chi connectivity index (χ3n) is 5.36. The molecule has 0 saturated heterocycles. The summed E-state index contributed by atoms with van der Waals surface area (Å²) in [5.74, 6) is -0.0371. The molecule has 1 amide bonds. The van der Waals surface area contributed by atoms with Crippen LogP contribution in [0.2, 0.25) is 0 Å². The summed E-state index contributed by atoms with van der Waals surface area (Å²) >= 11 is 0. The van der Waals surface area contributed by atoms with E-state index in [1.54, 1.807) is 7.11 Å². The predicted molar refractivity (Wildman–Crippen MR) is 89.2 cm³/mol. The van der Waals surface area contributed by atoms with Crippen LogP contribution in [0.4, 0.5) is 0 Å². The Hall–Kier alpha value is -2.13. The number of carbonyl (C=O) groups excluding carboxylic acids is 1. The van der Waals surface area contributed by atoms with Gasteiger partial charge in [0.15, 0.2) is 6.10 Å². The highest BCUT2D eigenvalue weighted by atomic mass is 16.5. The number of hydrogen-bond acceptors (Lipinski definition) is 2. The summed E-state index contributed by atoms with van der Waals surface area (Å²) in [6.07, 6.45) is 2.77. The van der Waals surface area contributed by atoms with Gasteiger partial charge >= 0.3 is 0 Å². The summed E-state index contributed by atoms with van der Waals surface area (Å²) in [6, 6.07) is 18.5. The standard InChI is InChI=1S/C20H21NO2/c1-23-18(15-8-3-2-4-9-15)19(22)21-17-13-20(17)12-11-14-7-5-6-10-16(14)20/h2-10,17-18H,11-13H2,1H3,(H,21,22)/t17-,18-,20+/m1/s1. The Morgan fingerprint density at radius 1 is 1.17 bits per heavy atom. The Bertz CT molecular complexity index is 727. The van der Waals surface area contributed by atoms with Crippen molar-refractivity contribution in [2.45, 2.75) is 36.8 Å². The molecule has 3 heteroatoms. The van der Waals surface area contributed by atoms with Crippen LogP contribution in [-0.4, -0.2) is 19.1 Å². The monoisotopic (exact) mass is 307 g/mol. The SMILES string of the molecule is CO[C@@H](C(=O)N[C@@H]1C[C@]12CCc1ccccc12)c1ccccc1. The van der Waals surface area contributed by atoms with Crippen molar-refractivity contribution in [3.63, 3.8) is 0 Å². The molecule has 0 aliphatic heterocycles. The van der Waals surface area contributed by atoms with Crippen molar-refractivity contribution in [3.8, 4) is 0 Å². The second-order valence-corrected chi connectivity index (χ2v) is 6.61. The molecule has 1 fully saturated rings. The fourth-order valence-electron chi connectivity index (χ4n) is 4.05. The van der Waals surface area contributed by atoms with Crippen LogP contribution in [0, 0.1) is 0 Å². The first-order valence-corrected chi connectivity index (χ1v) is 8.21. The number of ether oxygens (including phenoxy) is 1. The minimum atomic E-state index is -0.537. The molecule has 0 heterocycles. The molecule has 2 aromatic carbocycles. The lowest BCUT2D eigenvalue weighted by molar-refractivity contribution is -0.131. The third-order valence-corrected chi connectivity index (χ3v) is 5.36. The van der Waals surface area contributed by atoms with E-state index in [9.17, 15) is 4.79 Å². The van der Waals surface area contributed by atoms with E-state index in [1.807, 2.05) is 30.3 Å². The van der Waals surface area contributed by atoms with Gasteiger partial charge in [0, 0.05) is 18.6 Å². The minimum Gasteiger partial charge on any atom is -0.367 e. The highest BCUT2D eigenvalue weighted by molar-refractivity contribution is 5.83. The van der Waals surface area contributed by atoms with Gasteiger partial charge in [0.05, 0.1) is 0 Å². The first kappa shape index (κ1) is 14.5. The van der Waals surface area contributed by atoms with Crippen LogP contribution >= 0.6 is 0 Å². The van der Waals surface area contributed by atoms with Crippen molar-refractivity contribution in [3.05, 3.63) is 71.3 Å². The molecule has 4 rings (SSSR count). The van der Waals surface area contributed by atoms with Crippen molar-refractivity contribution in [2.24, 2.45) is 0 Å². The van der Waals surface area contributed by atoms with Crippen LogP contribution in [0.5, 0.6) is 0 Å². The van der Waals surface area contributed by atoms with E-state index in [0.717, 1.165) is 24.8 Å². The molecule has 0 aromatic heterocycles. The Labute approximate surface area is 136 Å². The molecule has 2 aromatic rings. The van der Waals surface area contributed by atoms with Gasteiger partial charge in [-0.3, -0.25) is 4.79 Å². The number of carbonyl (C=O) groups is 1. The largest absolute Gasteiger partial charge is 0.367 e. The van der Waals surface area contributed by atoms with Gasteiger partial charge < -0.3 is 10.1 Å². The second kappa shape index (κ2) is 5.50. The second-order valence-electron chi connectivity index (χ2n) is 6.61. The van der Waals surface area contributed by atoms with E-state index in [0.29, 0.717) is 0 Å². The summed E-state index contributed by atoms with van der Waals surface area (Å²) in [6.45, 7) is 0. The molecule has 23 heavy (non-hydrogen) atoms. The van der Waals surface area contributed by atoms with Gasteiger partial charge in [-0.15, -0.1) is 0 Å². The Kier molecular flexibility index (Phi) is 3.46. The summed E-state index contributed by atoms with van der Waals surface area (Å²) in [5.41, 5.74) is 3.94. The summed E-state index contributed by atoms with van der Waals surface area (Å²) in [7, 11) is 1.59. The number of benzene rings is 2. The van der Waals surface area contributed by atoms with Crippen LogP contribution in [0.3, 0.4) is 0 Å². The van der Waals surface area contributed by atoms with Crippen molar-refractivity contribution in [2.75, 3.05) is 7.11 Å². The summed E-state index contributed by atoms with van der Waals surface area (Å²) in [4.78, 5) is 12.6. The van der Waals surface area contributed by atoms with Gasteiger partial charge in [-0.2, -0.15) is 0 Å². The van der Waals surface area contributed by atoms with Crippen LogP contribution < -0.4 is 5.32 Å². The fraction of sp³-hybridized carbons (Fsp3) is 0.350. The lowest BCUT2D eigenvalue weighted by Gasteiger charge is -2.18. The molecule has 3 nitrogen and oxygen atoms in total. The van der Waals surface area contributed by atoms with Crippen LogP contribution in [-0.2, 0) is 21.4 Å². The number of hydrogen-bond donors (Lipinski definition) is 1. The Morgan fingerprint density at radius 3 is 2.70 bits per heavy atom. The van der Waals surface area contributed by atoms with Crippen LogP contribution in [0.15, 0.2) is 54.6 Å². The third kappa shape index (κ3) is 2.36. The van der Waals surface area contributed by atoms with Crippen molar-refractivity contribution >= 4 is 5.91 Å². The van der Waals surface area contributed by atoms with E-state index in [4.69, 9.17) is 4.74 Å². The highest BCUT2D eigenvalue weighted by Crippen LogP contribution is 2.56. The molecule has 1 spiro atoms. The molecule has 2 aliphatic rings. The first-order chi connectivity index (χ1) is 11.2. The predicted octanol–water partition coefficient (Wildman–Crippen LogP) is 3.15. The number of nitrogens with one attached hydrogen (secondary N) is 1. The zero-order chi connectivity index (χ0) is 15.9. The van der Waals surface area contributed by atoms with Gasteiger partial charge in [-0.05, 0) is 36.0 Å². The van der Waals surface area contributed by atoms with Crippen molar-refractivity contribution < 1.29 is 9.53 Å². The molecule has 1 N–H and O–H groups in total. The summed E-state index contributed by atoms with van der Waals surface area (Å²) < 4.78 is 5.44. The average molecular weight is 307 g/mol. The van der Waals surface area contributed by atoms with E-state index >= 15 is 0 Å². The molecule has 0 radical (unpaired) electrons. The quantitative estimate of drug-likeness (QED) is 0.942. The topological polar surface area (TPSA) is 38.3 Å². The number of aryl methyl sites for hydroxylation is 1. The lowest BCUT2D eigenvalue weighted by Crippen LogP contribution is -2.35. The zero-order valence-electron chi connectivity index (χ0n) is 13.3. The fourth-order valence-corrected chi connectivity index (χ4v) is 4.05. The molecular formula is C20H21NO2. The molecule has 3 atom stereocenters. The Morgan fingerprint density at radius 2 is 1.91 bits per heavy atom. The molecule has 1 saturated carbocycles. The number of amides is 1. The zero-order valence-corrected chi connectivity index (χ0v) is 13.3. The average Bonchev–Trinajstić information content (AvgIpc) is 3.14. The highest BCUT2D eigenvalue weighted by Gasteiger charge is 2.58. The molecule has 118 valence electrons. The van der Waals surface area contributed by atoms with Gasteiger partial charge in [0.25, 0.3) is 5.91 Å². The van der Waals surface area contributed by atoms with Crippen molar-refractivity contribution in [1.29, 1.82) is 0 Å². The normalized spacial score (nSPS) is 25.9. The van der Waals surface area contributed by atoms with Crippen LogP contribution in [0.25, 0.3) is 0 Å². The molecule has 0 bridgehead atoms. The maximum atomic E-state index is 12.6. The minimum absolute atomic E-state index is 0.0371. The molecular weight excluding hydrogens is 286 g/mol. The Balaban J connectivity index is 1.49. The lowest BCUT2D eigenvalue weighted by atomic mass is 9.97. The van der Waals surface area contributed by atoms with Gasteiger partial charge in [0.1, 0.15) is 0 Å². The van der Waals surface area contributed by atoms with E-state index < -0.39 is 6.10 Å². The summed E-state index contributed by atoms with van der Waals surface area (Å²) in [5, 5.41) is 3.21. The maximum Gasteiger partial charge on any atom is 0.253 e.